The zero-order valence-electron chi connectivity index (χ0n) is 24.0. The predicted octanol–water partition coefficient (Wildman–Crippen LogP) is 3.85. The Hall–Kier alpha value is -4.90. The Bertz CT molecular complexity index is 1690. The molecule has 0 radical (unpaired) electrons. The smallest absolute Gasteiger partial charge is 0.247 e. The minimum absolute atomic E-state index is 0.0795. The van der Waals surface area contributed by atoms with E-state index in [1.165, 1.54) is 0 Å². The van der Waals surface area contributed by atoms with Crippen LogP contribution in [0.1, 0.15) is 31.2 Å². The number of tetrazole rings is 1. The molecule has 0 saturated heterocycles. The molecule has 6 rings (SSSR count). The van der Waals surface area contributed by atoms with Crippen LogP contribution in [0.3, 0.4) is 0 Å². The summed E-state index contributed by atoms with van der Waals surface area (Å²) < 4.78 is 2.00. The van der Waals surface area contributed by atoms with Crippen molar-refractivity contribution in [2.75, 3.05) is 11.9 Å². The molecule has 1 aliphatic rings. The molecule has 0 spiro atoms. The normalized spacial score (nSPS) is 17.4. The monoisotopic (exact) mass is 577 g/mol. The lowest BCUT2D eigenvalue weighted by molar-refractivity contribution is -0.130. The minimum Gasteiger partial charge on any atom is -0.344 e. The van der Waals surface area contributed by atoms with Crippen LogP contribution in [0.15, 0.2) is 73.1 Å². The first-order valence-electron chi connectivity index (χ1n) is 14.6. The maximum atomic E-state index is 13.6. The molecular formula is C32H35N9O2. The number of nitrogens with two attached hydrogens (primary N) is 1. The summed E-state index contributed by atoms with van der Waals surface area (Å²) in [5.74, 6) is 0.467. The molecule has 0 aliphatic heterocycles. The fourth-order valence-corrected chi connectivity index (χ4v) is 5.75. The molecule has 5 aromatic rings. The van der Waals surface area contributed by atoms with Gasteiger partial charge >= 0.3 is 0 Å². The van der Waals surface area contributed by atoms with Gasteiger partial charge in [-0.1, -0.05) is 30.3 Å². The predicted molar refractivity (Wildman–Crippen MR) is 165 cm³/mol. The molecule has 5 N–H and O–H groups in total. The Balaban J connectivity index is 1.18. The summed E-state index contributed by atoms with van der Waals surface area (Å²) >= 11 is 0. The van der Waals surface area contributed by atoms with Gasteiger partial charge in [-0.05, 0) is 96.4 Å². The summed E-state index contributed by atoms with van der Waals surface area (Å²) in [6.45, 7) is 0.650. The first-order valence-corrected chi connectivity index (χ1v) is 14.6. The van der Waals surface area contributed by atoms with Crippen LogP contribution in [0.25, 0.3) is 33.5 Å². The molecule has 1 fully saturated rings. The number of aromatic amines is 1. The summed E-state index contributed by atoms with van der Waals surface area (Å²) in [5, 5.41) is 20.0. The molecule has 1 saturated carbocycles. The highest BCUT2D eigenvalue weighted by Crippen LogP contribution is 2.29. The van der Waals surface area contributed by atoms with Crippen LogP contribution in [-0.4, -0.2) is 54.6 Å². The van der Waals surface area contributed by atoms with Gasteiger partial charge in [0, 0.05) is 30.6 Å². The number of aromatic nitrogens is 6. The van der Waals surface area contributed by atoms with Gasteiger partial charge in [0.2, 0.25) is 17.6 Å². The summed E-state index contributed by atoms with van der Waals surface area (Å²) in [7, 11) is 1.98. The van der Waals surface area contributed by atoms with Crippen molar-refractivity contribution in [1.29, 1.82) is 0 Å². The lowest BCUT2D eigenvalue weighted by atomic mass is 9.81. The number of hydrogen-bond acceptors (Lipinski definition) is 7. The van der Waals surface area contributed by atoms with Gasteiger partial charge in [0.05, 0.1) is 17.4 Å². The van der Waals surface area contributed by atoms with E-state index in [4.69, 9.17) is 5.73 Å². The van der Waals surface area contributed by atoms with Crippen molar-refractivity contribution in [3.63, 3.8) is 0 Å². The number of nitrogens with one attached hydrogen (secondary N) is 3. The summed E-state index contributed by atoms with van der Waals surface area (Å²) in [4.78, 5) is 31.3. The van der Waals surface area contributed by atoms with Crippen molar-refractivity contribution in [3.8, 4) is 22.5 Å². The number of hydrogen-bond donors (Lipinski definition) is 4. The van der Waals surface area contributed by atoms with E-state index in [0.717, 1.165) is 59.0 Å². The molecule has 2 aromatic heterocycles. The number of nitrogens with zero attached hydrogens (tertiary/aromatic N) is 5. The zero-order chi connectivity index (χ0) is 29.8. The van der Waals surface area contributed by atoms with Crippen LogP contribution < -0.4 is 16.4 Å². The Morgan fingerprint density at radius 1 is 0.977 bits per heavy atom. The third-order valence-corrected chi connectivity index (χ3v) is 8.39. The van der Waals surface area contributed by atoms with Crippen LogP contribution in [0, 0.1) is 11.8 Å². The SMILES string of the molecule is Cn1cnc2ccc(-c3ccc(CC(NC(=O)C4CCC(CN)CC4)C(=O)Nc4ccc(-c5nn[nH]n5)cc4)cc3)cc21. The van der Waals surface area contributed by atoms with E-state index in [9.17, 15) is 9.59 Å². The number of rotatable bonds is 9. The van der Waals surface area contributed by atoms with Gasteiger partial charge in [-0.2, -0.15) is 5.21 Å². The zero-order valence-corrected chi connectivity index (χ0v) is 24.0. The standard InChI is InChI=1S/C32H35N9O2/c1-41-19-34-27-15-12-25(17-29(27)41)22-6-2-20(3-7-22)16-28(36-31(42)24-8-4-21(18-33)5-9-24)32(43)35-26-13-10-23(11-14-26)30-37-39-40-38-30/h2-3,6-7,10-15,17,19,21,24,28H,4-5,8-9,16,18,33H2,1H3,(H,35,43)(H,36,42)(H,37,38,39,40). The number of anilines is 1. The van der Waals surface area contributed by atoms with Crippen molar-refractivity contribution in [2.45, 2.75) is 38.1 Å². The average molecular weight is 578 g/mol. The van der Waals surface area contributed by atoms with E-state index < -0.39 is 6.04 Å². The summed E-state index contributed by atoms with van der Waals surface area (Å²) in [6.07, 6.45) is 5.61. The number of fused-ring (bicyclic) bond motifs is 1. The van der Waals surface area contributed by atoms with Crippen molar-refractivity contribution in [2.24, 2.45) is 24.6 Å². The fraction of sp³-hybridized carbons (Fsp3) is 0.312. The van der Waals surface area contributed by atoms with Crippen LogP contribution in [-0.2, 0) is 23.1 Å². The highest BCUT2D eigenvalue weighted by molar-refractivity contribution is 5.97. The van der Waals surface area contributed by atoms with E-state index in [1.807, 2.05) is 48.3 Å². The molecule has 0 bridgehead atoms. The highest BCUT2D eigenvalue weighted by Gasteiger charge is 2.29. The second kappa shape index (κ2) is 12.5. The molecule has 3 aromatic carbocycles. The molecule has 1 atom stereocenters. The van der Waals surface area contributed by atoms with Crippen LogP contribution in [0.2, 0.25) is 0 Å². The second-order valence-corrected chi connectivity index (χ2v) is 11.3. The quantitative estimate of drug-likeness (QED) is 0.207. The average Bonchev–Trinajstić information content (AvgIpc) is 3.72. The largest absolute Gasteiger partial charge is 0.344 e. The molecular weight excluding hydrogens is 542 g/mol. The van der Waals surface area contributed by atoms with Crippen LogP contribution in [0.4, 0.5) is 5.69 Å². The topological polar surface area (TPSA) is 156 Å². The fourth-order valence-electron chi connectivity index (χ4n) is 5.75. The molecule has 2 heterocycles. The first-order chi connectivity index (χ1) is 21.0. The molecule has 11 nitrogen and oxygen atoms in total. The number of imidazole rings is 1. The van der Waals surface area contributed by atoms with Gasteiger partial charge in [-0.3, -0.25) is 9.59 Å². The minimum atomic E-state index is -0.742. The van der Waals surface area contributed by atoms with Gasteiger partial charge in [0.15, 0.2) is 0 Å². The van der Waals surface area contributed by atoms with Gasteiger partial charge in [-0.25, -0.2) is 4.98 Å². The molecule has 11 heteroatoms. The molecule has 1 unspecified atom stereocenters. The van der Waals surface area contributed by atoms with Gasteiger partial charge in [-0.15, -0.1) is 10.2 Å². The Morgan fingerprint density at radius 2 is 1.70 bits per heavy atom. The molecule has 43 heavy (non-hydrogen) atoms. The van der Waals surface area contributed by atoms with E-state index in [1.54, 1.807) is 12.1 Å². The Morgan fingerprint density at radius 3 is 2.40 bits per heavy atom. The van der Waals surface area contributed by atoms with Gasteiger partial charge in [0.25, 0.3) is 0 Å². The maximum Gasteiger partial charge on any atom is 0.247 e. The van der Waals surface area contributed by atoms with E-state index >= 15 is 0 Å². The summed E-state index contributed by atoms with van der Waals surface area (Å²) in [6, 6.07) is 20.8. The first kappa shape index (κ1) is 28.2. The number of aryl methyl sites for hydroxylation is 1. The number of carbonyl (C=O) groups excluding carboxylic acids is 2. The Kier molecular flexibility index (Phi) is 8.23. The third-order valence-electron chi connectivity index (χ3n) is 8.39. The van der Waals surface area contributed by atoms with Gasteiger partial charge in [0.1, 0.15) is 6.04 Å². The lowest BCUT2D eigenvalue weighted by Gasteiger charge is -2.28. The van der Waals surface area contributed by atoms with E-state index in [-0.39, 0.29) is 17.7 Å². The van der Waals surface area contributed by atoms with E-state index in [2.05, 4.69) is 60.5 Å². The van der Waals surface area contributed by atoms with Crippen LogP contribution in [0.5, 0.6) is 0 Å². The number of amides is 2. The second-order valence-electron chi connectivity index (χ2n) is 11.3. The molecule has 1 aliphatic carbocycles. The van der Waals surface area contributed by atoms with Crippen molar-refractivity contribution in [1.82, 2.24) is 35.5 Å². The maximum absolute atomic E-state index is 13.6. The lowest BCUT2D eigenvalue weighted by Crippen LogP contribution is -2.48. The number of H-pyrrole nitrogens is 1. The van der Waals surface area contributed by atoms with Crippen molar-refractivity contribution >= 4 is 28.5 Å². The van der Waals surface area contributed by atoms with Crippen LogP contribution >= 0.6 is 0 Å². The summed E-state index contributed by atoms with van der Waals surface area (Å²) in [5.41, 5.74) is 12.3. The highest BCUT2D eigenvalue weighted by atomic mass is 16.2. The molecule has 220 valence electrons. The number of carbonyl (C=O) groups is 2. The number of benzene rings is 3. The third kappa shape index (κ3) is 6.46. The Labute approximate surface area is 249 Å². The van der Waals surface area contributed by atoms with Crippen molar-refractivity contribution in [3.05, 3.63) is 78.6 Å². The van der Waals surface area contributed by atoms with E-state index in [0.29, 0.717) is 30.4 Å². The van der Waals surface area contributed by atoms with Gasteiger partial charge < -0.3 is 20.9 Å². The molecule has 2 amide bonds. The van der Waals surface area contributed by atoms with Crippen molar-refractivity contribution < 1.29 is 9.59 Å².